The second-order valence-corrected chi connectivity index (χ2v) is 4.74. The van der Waals surface area contributed by atoms with Crippen LogP contribution in [-0.4, -0.2) is 16.2 Å². The summed E-state index contributed by atoms with van der Waals surface area (Å²) in [6.45, 7) is 0. The summed E-state index contributed by atoms with van der Waals surface area (Å²) in [4.78, 5) is 11.8. The summed E-state index contributed by atoms with van der Waals surface area (Å²) in [5, 5.41) is 10.7. The molecule has 3 aromatic rings. The summed E-state index contributed by atoms with van der Waals surface area (Å²) in [6, 6.07) is 10.4. The van der Waals surface area contributed by atoms with E-state index in [1.165, 1.54) is 6.26 Å². The first-order valence-corrected chi connectivity index (χ1v) is 6.50. The molecule has 0 fully saturated rings. The van der Waals surface area contributed by atoms with Gasteiger partial charge in [0.25, 0.3) is 0 Å². The maximum absolute atomic E-state index is 11.8. The van der Waals surface area contributed by atoms with Crippen molar-refractivity contribution in [2.75, 3.05) is 5.32 Å². The predicted molar refractivity (Wildman–Crippen MR) is 75.8 cm³/mol. The average molecular weight is 304 g/mol. The second-order valence-electron chi connectivity index (χ2n) is 4.30. The first kappa shape index (κ1) is 13.4. The fourth-order valence-corrected chi connectivity index (χ4v) is 1.90. The summed E-state index contributed by atoms with van der Waals surface area (Å²) < 4.78 is 9.85. The highest BCUT2D eigenvalue weighted by atomic mass is 35.5. The van der Waals surface area contributed by atoms with E-state index in [1.807, 2.05) is 12.1 Å². The van der Waals surface area contributed by atoms with Gasteiger partial charge in [-0.25, -0.2) is 0 Å². The Morgan fingerprint density at radius 2 is 2.00 bits per heavy atom. The molecule has 106 valence electrons. The average Bonchev–Trinajstić information content (AvgIpc) is 3.11. The number of anilines is 1. The number of carbonyl (C=O) groups is 1. The van der Waals surface area contributed by atoms with Crippen LogP contribution in [0.25, 0.3) is 11.3 Å². The van der Waals surface area contributed by atoms with Gasteiger partial charge in [-0.05, 0) is 24.3 Å². The van der Waals surface area contributed by atoms with Gasteiger partial charge in [0.2, 0.25) is 5.91 Å². The summed E-state index contributed by atoms with van der Waals surface area (Å²) in [5.41, 5.74) is 1.37. The predicted octanol–water partition coefficient (Wildman–Crippen LogP) is 3.16. The summed E-state index contributed by atoms with van der Waals surface area (Å²) >= 11 is 5.83. The fourth-order valence-electron chi connectivity index (χ4n) is 1.77. The third-order valence-electron chi connectivity index (χ3n) is 2.73. The number of nitrogens with one attached hydrogen (secondary N) is 1. The number of hydrogen-bond donors (Lipinski definition) is 1. The Morgan fingerprint density at radius 1 is 1.19 bits per heavy atom. The van der Waals surface area contributed by atoms with Gasteiger partial charge in [-0.1, -0.05) is 21.9 Å². The highest BCUT2D eigenvalue weighted by Crippen LogP contribution is 2.22. The number of benzene rings is 1. The molecule has 7 heteroatoms. The van der Waals surface area contributed by atoms with E-state index in [-0.39, 0.29) is 12.3 Å². The lowest BCUT2D eigenvalue weighted by Crippen LogP contribution is -2.14. The van der Waals surface area contributed by atoms with E-state index in [2.05, 4.69) is 20.2 Å². The van der Waals surface area contributed by atoms with E-state index in [0.717, 1.165) is 5.56 Å². The molecule has 0 spiro atoms. The molecular formula is C14H10ClN3O3. The SMILES string of the molecule is O=C(Cc1cc(-c2ccc(Cl)cc2)on1)Nc1ccon1. The molecular weight excluding hydrogens is 294 g/mol. The topological polar surface area (TPSA) is 81.2 Å². The molecule has 2 aromatic heterocycles. The standard InChI is InChI=1S/C14H10ClN3O3/c15-10-3-1-9(2-4-10)12-7-11(17-21-12)8-14(19)16-13-5-6-20-18-13/h1-7H,8H2,(H,16,18,19). The number of amides is 1. The molecule has 3 rings (SSSR count). The highest BCUT2D eigenvalue weighted by Gasteiger charge is 2.11. The fraction of sp³-hybridized carbons (Fsp3) is 0.0714. The molecule has 0 aliphatic carbocycles. The molecule has 0 saturated carbocycles. The van der Waals surface area contributed by atoms with Crippen LogP contribution in [0.15, 0.2) is 51.7 Å². The Hall–Kier alpha value is -2.60. The Bertz CT molecular complexity index is 735. The van der Waals surface area contributed by atoms with Crippen molar-refractivity contribution in [3.05, 3.63) is 53.4 Å². The number of hydrogen-bond acceptors (Lipinski definition) is 5. The van der Waals surface area contributed by atoms with Gasteiger partial charge in [-0.15, -0.1) is 0 Å². The summed E-state index contributed by atoms with van der Waals surface area (Å²) in [6.07, 6.45) is 1.47. The molecule has 0 atom stereocenters. The van der Waals surface area contributed by atoms with Gasteiger partial charge in [0.05, 0.1) is 12.1 Å². The van der Waals surface area contributed by atoms with Crippen LogP contribution in [0.3, 0.4) is 0 Å². The minimum atomic E-state index is -0.250. The zero-order chi connectivity index (χ0) is 14.7. The Labute approximate surface area is 124 Å². The van der Waals surface area contributed by atoms with Crippen LogP contribution in [0.5, 0.6) is 0 Å². The maximum atomic E-state index is 11.8. The normalized spacial score (nSPS) is 10.5. The van der Waals surface area contributed by atoms with Crippen LogP contribution >= 0.6 is 11.6 Å². The Morgan fingerprint density at radius 3 is 2.71 bits per heavy atom. The van der Waals surface area contributed by atoms with E-state index in [0.29, 0.717) is 22.3 Å². The Balaban J connectivity index is 1.67. The number of aromatic nitrogens is 2. The molecule has 1 aromatic carbocycles. The third-order valence-corrected chi connectivity index (χ3v) is 2.99. The number of rotatable bonds is 4. The molecule has 1 amide bonds. The van der Waals surface area contributed by atoms with Crippen LogP contribution < -0.4 is 5.32 Å². The molecule has 0 radical (unpaired) electrons. The molecule has 0 unspecified atom stereocenters. The third kappa shape index (κ3) is 3.29. The molecule has 0 saturated heterocycles. The Kier molecular flexibility index (Phi) is 3.70. The molecule has 6 nitrogen and oxygen atoms in total. The van der Waals surface area contributed by atoms with Crippen molar-refractivity contribution in [3.8, 4) is 11.3 Å². The van der Waals surface area contributed by atoms with Crippen molar-refractivity contribution in [1.29, 1.82) is 0 Å². The van der Waals surface area contributed by atoms with Gasteiger partial charge >= 0.3 is 0 Å². The van der Waals surface area contributed by atoms with Gasteiger partial charge in [0, 0.05) is 22.7 Å². The smallest absolute Gasteiger partial charge is 0.231 e. The van der Waals surface area contributed by atoms with Crippen LogP contribution in [0, 0.1) is 0 Å². The molecule has 1 N–H and O–H groups in total. The van der Waals surface area contributed by atoms with Crippen LogP contribution in [0.2, 0.25) is 5.02 Å². The van der Waals surface area contributed by atoms with Crippen molar-refractivity contribution in [3.63, 3.8) is 0 Å². The lowest BCUT2D eigenvalue weighted by atomic mass is 10.1. The minimum absolute atomic E-state index is 0.0873. The van der Waals surface area contributed by atoms with E-state index < -0.39 is 0 Å². The monoisotopic (exact) mass is 303 g/mol. The zero-order valence-corrected chi connectivity index (χ0v) is 11.5. The van der Waals surface area contributed by atoms with Gasteiger partial charge in [-0.2, -0.15) is 0 Å². The van der Waals surface area contributed by atoms with E-state index in [1.54, 1.807) is 24.3 Å². The van der Waals surface area contributed by atoms with Crippen molar-refractivity contribution >= 4 is 23.3 Å². The second kappa shape index (κ2) is 5.80. The zero-order valence-electron chi connectivity index (χ0n) is 10.7. The quantitative estimate of drug-likeness (QED) is 0.800. The van der Waals surface area contributed by atoms with Gasteiger partial charge in [0.1, 0.15) is 6.26 Å². The van der Waals surface area contributed by atoms with Crippen molar-refractivity contribution in [2.45, 2.75) is 6.42 Å². The van der Waals surface area contributed by atoms with E-state index in [9.17, 15) is 4.79 Å². The number of halogens is 1. The van der Waals surface area contributed by atoms with E-state index >= 15 is 0 Å². The van der Waals surface area contributed by atoms with Gasteiger partial charge in [-0.3, -0.25) is 4.79 Å². The molecule has 0 bridgehead atoms. The van der Waals surface area contributed by atoms with Crippen LogP contribution in [0.4, 0.5) is 5.82 Å². The van der Waals surface area contributed by atoms with Crippen molar-refractivity contribution < 1.29 is 13.8 Å². The van der Waals surface area contributed by atoms with Crippen LogP contribution in [-0.2, 0) is 11.2 Å². The van der Waals surface area contributed by atoms with Gasteiger partial charge in [0.15, 0.2) is 11.6 Å². The lowest BCUT2D eigenvalue weighted by molar-refractivity contribution is -0.115. The number of carbonyl (C=O) groups excluding carboxylic acids is 1. The molecule has 0 aliphatic heterocycles. The first-order chi connectivity index (χ1) is 10.2. The van der Waals surface area contributed by atoms with Gasteiger partial charge < -0.3 is 14.4 Å². The van der Waals surface area contributed by atoms with E-state index in [4.69, 9.17) is 16.1 Å². The highest BCUT2D eigenvalue weighted by molar-refractivity contribution is 6.30. The summed E-state index contributed by atoms with van der Waals surface area (Å²) in [7, 11) is 0. The van der Waals surface area contributed by atoms with Crippen molar-refractivity contribution in [2.24, 2.45) is 0 Å². The molecule has 2 heterocycles. The summed E-state index contributed by atoms with van der Waals surface area (Å²) in [5.74, 6) is 0.692. The maximum Gasteiger partial charge on any atom is 0.231 e. The first-order valence-electron chi connectivity index (χ1n) is 6.12. The largest absolute Gasteiger partial charge is 0.363 e. The lowest BCUT2D eigenvalue weighted by Gasteiger charge is -1.97. The molecule has 21 heavy (non-hydrogen) atoms. The minimum Gasteiger partial charge on any atom is -0.363 e. The molecule has 0 aliphatic rings. The number of nitrogens with zero attached hydrogens (tertiary/aromatic N) is 2. The van der Waals surface area contributed by atoms with Crippen LogP contribution in [0.1, 0.15) is 5.69 Å². The van der Waals surface area contributed by atoms with Crippen molar-refractivity contribution in [1.82, 2.24) is 10.3 Å².